The summed E-state index contributed by atoms with van der Waals surface area (Å²) in [6.45, 7) is 6.51. The van der Waals surface area contributed by atoms with Gasteiger partial charge >= 0.3 is 0 Å². The minimum absolute atomic E-state index is 0.184. The molecule has 0 radical (unpaired) electrons. The second-order valence-electron chi connectivity index (χ2n) is 5.26. The van der Waals surface area contributed by atoms with Crippen LogP contribution in [0, 0.1) is 24.0 Å². The number of nitro groups is 1. The first-order valence-corrected chi connectivity index (χ1v) is 6.61. The first-order valence-electron chi connectivity index (χ1n) is 6.61. The maximum absolute atomic E-state index is 10.9. The lowest BCUT2D eigenvalue weighted by molar-refractivity contribution is -0.385. The van der Waals surface area contributed by atoms with Gasteiger partial charge in [0.25, 0.3) is 5.69 Å². The molecule has 19 heavy (non-hydrogen) atoms. The van der Waals surface area contributed by atoms with E-state index in [1.54, 1.807) is 13.0 Å². The lowest BCUT2D eigenvalue weighted by Gasteiger charge is -2.29. The number of nitro benzene ring substituents is 1. The molecule has 5 heteroatoms. The fourth-order valence-corrected chi connectivity index (χ4v) is 2.50. The van der Waals surface area contributed by atoms with E-state index < -0.39 is 0 Å². The van der Waals surface area contributed by atoms with Crippen molar-refractivity contribution in [2.24, 2.45) is 0 Å². The van der Waals surface area contributed by atoms with Crippen LogP contribution in [-0.4, -0.2) is 23.7 Å². The van der Waals surface area contributed by atoms with Gasteiger partial charge in [-0.2, -0.15) is 0 Å². The van der Waals surface area contributed by atoms with Crippen LogP contribution in [0.4, 0.5) is 11.4 Å². The molecule has 2 atom stereocenters. The van der Waals surface area contributed by atoms with Gasteiger partial charge in [0, 0.05) is 30.0 Å². The van der Waals surface area contributed by atoms with Crippen LogP contribution in [0.1, 0.15) is 30.9 Å². The third-order valence-electron chi connectivity index (χ3n) is 3.58. The van der Waals surface area contributed by atoms with Gasteiger partial charge in [-0.25, -0.2) is 0 Å². The SMILES string of the molecule is Cc1cc([N+](=O)[O-])c(C)cc1NC1CCOC(C)C1. The van der Waals surface area contributed by atoms with Crippen LogP contribution in [0.5, 0.6) is 0 Å². The highest BCUT2D eigenvalue weighted by Crippen LogP contribution is 2.28. The van der Waals surface area contributed by atoms with E-state index >= 15 is 0 Å². The molecule has 1 aromatic carbocycles. The van der Waals surface area contributed by atoms with Crippen LogP contribution < -0.4 is 5.32 Å². The number of aryl methyl sites for hydroxylation is 2. The molecule has 1 saturated heterocycles. The van der Waals surface area contributed by atoms with Crippen molar-refractivity contribution in [1.29, 1.82) is 0 Å². The van der Waals surface area contributed by atoms with Crippen LogP contribution in [0.25, 0.3) is 0 Å². The molecular weight excluding hydrogens is 244 g/mol. The Labute approximate surface area is 113 Å². The predicted molar refractivity (Wildman–Crippen MR) is 74.6 cm³/mol. The van der Waals surface area contributed by atoms with Gasteiger partial charge in [0.05, 0.1) is 11.0 Å². The summed E-state index contributed by atoms with van der Waals surface area (Å²) in [5.41, 5.74) is 2.78. The highest BCUT2D eigenvalue weighted by molar-refractivity contribution is 5.59. The van der Waals surface area contributed by atoms with E-state index in [0.29, 0.717) is 11.6 Å². The van der Waals surface area contributed by atoms with E-state index in [-0.39, 0.29) is 16.7 Å². The topological polar surface area (TPSA) is 64.4 Å². The summed E-state index contributed by atoms with van der Waals surface area (Å²) in [5, 5.41) is 14.4. The number of hydrogen-bond donors (Lipinski definition) is 1. The molecule has 0 bridgehead atoms. The Balaban J connectivity index is 2.16. The van der Waals surface area contributed by atoms with Crippen molar-refractivity contribution in [3.8, 4) is 0 Å². The van der Waals surface area contributed by atoms with Crippen molar-refractivity contribution in [3.63, 3.8) is 0 Å². The van der Waals surface area contributed by atoms with Crippen LogP contribution in [-0.2, 0) is 4.74 Å². The minimum atomic E-state index is -0.331. The Kier molecular flexibility index (Phi) is 4.04. The van der Waals surface area contributed by atoms with Crippen molar-refractivity contribution in [2.45, 2.75) is 45.8 Å². The molecule has 0 saturated carbocycles. The monoisotopic (exact) mass is 264 g/mol. The molecule has 0 spiro atoms. The smallest absolute Gasteiger partial charge is 0.272 e. The Bertz CT molecular complexity index is 488. The first-order chi connectivity index (χ1) is 8.97. The Morgan fingerprint density at radius 3 is 2.74 bits per heavy atom. The molecule has 1 aliphatic heterocycles. The van der Waals surface area contributed by atoms with E-state index in [1.165, 1.54) is 0 Å². The van der Waals surface area contributed by atoms with Crippen molar-refractivity contribution >= 4 is 11.4 Å². The van der Waals surface area contributed by atoms with Crippen molar-refractivity contribution < 1.29 is 9.66 Å². The zero-order chi connectivity index (χ0) is 14.0. The first kappa shape index (κ1) is 13.8. The number of ether oxygens (including phenoxy) is 1. The molecule has 1 fully saturated rings. The molecule has 0 aliphatic carbocycles. The lowest BCUT2D eigenvalue weighted by atomic mass is 10.0. The molecular formula is C14H20N2O3. The maximum atomic E-state index is 10.9. The van der Waals surface area contributed by atoms with E-state index in [4.69, 9.17) is 4.74 Å². The summed E-state index contributed by atoms with van der Waals surface area (Å²) in [4.78, 5) is 10.6. The summed E-state index contributed by atoms with van der Waals surface area (Å²) in [6.07, 6.45) is 2.21. The van der Waals surface area contributed by atoms with Crippen LogP contribution in [0.3, 0.4) is 0 Å². The second kappa shape index (κ2) is 5.57. The number of benzene rings is 1. The van der Waals surface area contributed by atoms with Gasteiger partial charge in [-0.1, -0.05) is 0 Å². The lowest BCUT2D eigenvalue weighted by Crippen LogP contribution is -2.32. The highest BCUT2D eigenvalue weighted by Gasteiger charge is 2.20. The predicted octanol–water partition coefficient (Wildman–Crippen LogP) is 3.19. The molecule has 5 nitrogen and oxygen atoms in total. The van der Waals surface area contributed by atoms with Crippen molar-refractivity contribution in [3.05, 3.63) is 33.4 Å². The number of rotatable bonds is 3. The molecule has 1 heterocycles. The van der Waals surface area contributed by atoms with Crippen LogP contribution in [0.15, 0.2) is 12.1 Å². The quantitative estimate of drug-likeness (QED) is 0.672. The van der Waals surface area contributed by atoms with Gasteiger partial charge in [-0.3, -0.25) is 10.1 Å². The van der Waals surface area contributed by atoms with Gasteiger partial charge in [-0.15, -0.1) is 0 Å². The van der Waals surface area contributed by atoms with Gasteiger partial charge in [0.15, 0.2) is 0 Å². The summed E-state index contributed by atoms with van der Waals surface area (Å²) in [7, 11) is 0. The zero-order valence-electron chi connectivity index (χ0n) is 11.6. The van der Waals surface area contributed by atoms with Crippen molar-refractivity contribution in [2.75, 3.05) is 11.9 Å². The minimum Gasteiger partial charge on any atom is -0.382 e. The largest absolute Gasteiger partial charge is 0.382 e. The van der Waals surface area contributed by atoms with Crippen molar-refractivity contribution in [1.82, 2.24) is 0 Å². The summed E-state index contributed by atoms with van der Waals surface area (Å²) < 4.78 is 5.52. The van der Waals surface area contributed by atoms with Gasteiger partial charge in [-0.05, 0) is 45.2 Å². The molecule has 104 valence electrons. The van der Waals surface area contributed by atoms with Gasteiger partial charge < -0.3 is 10.1 Å². The Morgan fingerprint density at radius 1 is 1.37 bits per heavy atom. The van der Waals surface area contributed by atoms with E-state index in [9.17, 15) is 10.1 Å². The van der Waals surface area contributed by atoms with Gasteiger partial charge in [0.2, 0.25) is 0 Å². The average Bonchev–Trinajstić information content (AvgIpc) is 2.33. The number of nitrogens with one attached hydrogen (secondary N) is 1. The number of anilines is 1. The molecule has 0 aromatic heterocycles. The Hall–Kier alpha value is -1.62. The highest BCUT2D eigenvalue weighted by atomic mass is 16.6. The average molecular weight is 264 g/mol. The normalized spacial score (nSPS) is 23.1. The van der Waals surface area contributed by atoms with E-state index in [0.717, 1.165) is 30.7 Å². The van der Waals surface area contributed by atoms with E-state index in [2.05, 4.69) is 12.2 Å². The number of hydrogen-bond acceptors (Lipinski definition) is 4. The van der Waals surface area contributed by atoms with Crippen LogP contribution >= 0.6 is 0 Å². The second-order valence-corrected chi connectivity index (χ2v) is 5.26. The third kappa shape index (κ3) is 3.23. The van der Waals surface area contributed by atoms with E-state index in [1.807, 2.05) is 13.0 Å². The fraction of sp³-hybridized carbons (Fsp3) is 0.571. The standard InChI is InChI=1S/C14H20N2O3/c1-9-7-14(16(17)18)10(2)6-13(9)15-12-4-5-19-11(3)8-12/h6-7,11-12,15H,4-5,8H2,1-3H3. The molecule has 1 aromatic rings. The summed E-state index contributed by atoms with van der Waals surface area (Å²) in [5.74, 6) is 0. The molecule has 1 N–H and O–H groups in total. The Morgan fingerprint density at radius 2 is 2.11 bits per heavy atom. The zero-order valence-corrected chi connectivity index (χ0v) is 11.6. The fourth-order valence-electron chi connectivity index (χ4n) is 2.50. The summed E-state index contributed by atoms with van der Waals surface area (Å²) in [6, 6.07) is 3.89. The van der Waals surface area contributed by atoms with Gasteiger partial charge in [0.1, 0.15) is 0 Å². The maximum Gasteiger partial charge on any atom is 0.272 e. The molecule has 1 aliphatic rings. The number of nitrogens with zero attached hydrogens (tertiary/aromatic N) is 1. The molecule has 2 rings (SSSR count). The molecule has 0 amide bonds. The molecule has 2 unspecified atom stereocenters. The van der Waals surface area contributed by atoms with Crippen LogP contribution in [0.2, 0.25) is 0 Å². The third-order valence-corrected chi connectivity index (χ3v) is 3.58. The summed E-state index contributed by atoms with van der Waals surface area (Å²) >= 11 is 0.